The topological polar surface area (TPSA) is 86.1 Å². The van der Waals surface area contributed by atoms with E-state index in [2.05, 4.69) is 26.3 Å². The number of aryl methyl sites for hydroxylation is 1. The molecule has 2 heterocycles. The normalized spacial score (nSPS) is 10.3. The number of nitrogens with one attached hydrogen (secondary N) is 1. The highest BCUT2D eigenvalue weighted by Gasteiger charge is 2.17. The zero-order chi connectivity index (χ0) is 13.3. The second-order valence-electron chi connectivity index (χ2n) is 3.45. The molecule has 1 amide bonds. The molecular formula is C10H9BrN4O2S. The quantitative estimate of drug-likeness (QED) is 0.837. The molecule has 2 rings (SSSR count). The van der Waals surface area contributed by atoms with Gasteiger partial charge < -0.3 is 15.5 Å². The zero-order valence-corrected chi connectivity index (χ0v) is 11.7. The molecule has 0 unspecified atom stereocenters. The average molecular weight is 329 g/mol. The molecule has 0 atom stereocenters. The number of hydrogen-bond donors (Lipinski definition) is 2. The van der Waals surface area contributed by atoms with Crippen LogP contribution in [0.4, 0.5) is 5.82 Å². The maximum atomic E-state index is 11.9. The van der Waals surface area contributed by atoms with Gasteiger partial charge in [-0.2, -0.15) is 5.10 Å². The van der Waals surface area contributed by atoms with E-state index in [1.807, 2.05) is 0 Å². The summed E-state index contributed by atoms with van der Waals surface area (Å²) in [7, 11) is 1.68. The monoisotopic (exact) mass is 328 g/mol. The number of furan rings is 1. The molecule has 0 spiro atoms. The molecule has 0 radical (unpaired) electrons. The molecule has 0 saturated carbocycles. The maximum Gasteiger partial charge on any atom is 0.292 e. The highest BCUT2D eigenvalue weighted by atomic mass is 79.9. The summed E-state index contributed by atoms with van der Waals surface area (Å²) in [4.78, 5) is 12.1. The van der Waals surface area contributed by atoms with Crippen molar-refractivity contribution in [1.82, 2.24) is 9.78 Å². The molecular weight excluding hydrogens is 320 g/mol. The Bertz CT molecular complexity index is 619. The van der Waals surface area contributed by atoms with E-state index in [0.717, 1.165) is 0 Å². The van der Waals surface area contributed by atoms with Gasteiger partial charge in [-0.05, 0) is 28.1 Å². The Morgan fingerprint density at radius 1 is 1.61 bits per heavy atom. The van der Waals surface area contributed by atoms with Crippen molar-refractivity contribution in [2.75, 3.05) is 5.32 Å². The summed E-state index contributed by atoms with van der Waals surface area (Å²) in [5.74, 6) is 0.207. The first kappa shape index (κ1) is 12.8. The first-order valence-corrected chi connectivity index (χ1v) is 6.07. The lowest BCUT2D eigenvalue weighted by Gasteiger charge is -2.06. The molecule has 0 aliphatic heterocycles. The molecule has 0 aliphatic carbocycles. The van der Waals surface area contributed by atoms with E-state index >= 15 is 0 Å². The molecule has 0 aromatic carbocycles. The summed E-state index contributed by atoms with van der Waals surface area (Å²) in [6.07, 6.45) is 1.50. The first-order valence-electron chi connectivity index (χ1n) is 4.87. The molecule has 18 heavy (non-hydrogen) atoms. The molecule has 0 fully saturated rings. The number of halogens is 1. The molecule has 3 N–H and O–H groups in total. The Kier molecular flexibility index (Phi) is 3.48. The summed E-state index contributed by atoms with van der Waals surface area (Å²) < 4.78 is 7.10. The second kappa shape index (κ2) is 4.91. The van der Waals surface area contributed by atoms with Crippen molar-refractivity contribution < 1.29 is 9.21 Å². The van der Waals surface area contributed by atoms with E-state index in [1.165, 1.54) is 10.9 Å². The highest BCUT2D eigenvalue weighted by Crippen LogP contribution is 2.18. The van der Waals surface area contributed by atoms with Crippen LogP contribution in [0, 0.1) is 0 Å². The fourth-order valence-corrected chi connectivity index (χ4v) is 1.83. The van der Waals surface area contributed by atoms with Crippen LogP contribution in [-0.2, 0) is 7.05 Å². The van der Waals surface area contributed by atoms with E-state index < -0.39 is 5.91 Å². The highest BCUT2D eigenvalue weighted by molar-refractivity contribution is 9.10. The van der Waals surface area contributed by atoms with Gasteiger partial charge in [-0.15, -0.1) is 0 Å². The van der Waals surface area contributed by atoms with Gasteiger partial charge in [-0.3, -0.25) is 9.48 Å². The van der Waals surface area contributed by atoms with Crippen LogP contribution in [0.3, 0.4) is 0 Å². The standard InChI is InChI=1S/C10H9BrN4O2S/c1-15-9(5(4-13-15)8(12)18)14-10(16)6-2-3-7(11)17-6/h2-4H,1H3,(H2,12,18)(H,14,16). The van der Waals surface area contributed by atoms with E-state index in [1.54, 1.807) is 19.2 Å². The third kappa shape index (κ3) is 2.44. The van der Waals surface area contributed by atoms with Crippen LogP contribution in [0.1, 0.15) is 16.1 Å². The number of anilines is 1. The summed E-state index contributed by atoms with van der Waals surface area (Å²) in [5, 5.41) is 6.63. The van der Waals surface area contributed by atoms with Crippen molar-refractivity contribution in [3.63, 3.8) is 0 Å². The smallest absolute Gasteiger partial charge is 0.292 e. The predicted molar refractivity (Wildman–Crippen MR) is 73.5 cm³/mol. The van der Waals surface area contributed by atoms with Crippen LogP contribution < -0.4 is 11.1 Å². The number of thiocarbonyl (C=S) groups is 1. The predicted octanol–water partition coefficient (Wildman–Crippen LogP) is 1.66. The number of amides is 1. The fraction of sp³-hybridized carbons (Fsp3) is 0.100. The Labute approximate surface area is 116 Å². The van der Waals surface area contributed by atoms with E-state index in [0.29, 0.717) is 16.1 Å². The van der Waals surface area contributed by atoms with Crippen molar-refractivity contribution >= 4 is 44.9 Å². The lowest BCUT2D eigenvalue weighted by molar-refractivity contribution is 0.0994. The van der Waals surface area contributed by atoms with Crippen molar-refractivity contribution in [2.24, 2.45) is 12.8 Å². The molecule has 94 valence electrons. The van der Waals surface area contributed by atoms with E-state index in [4.69, 9.17) is 22.4 Å². The largest absolute Gasteiger partial charge is 0.444 e. The number of rotatable bonds is 3. The molecule has 8 heteroatoms. The molecule has 0 bridgehead atoms. The first-order chi connectivity index (χ1) is 8.49. The Morgan fingerprint density at radius 3 is 2.89 bits per heavy atom. The second-order valence-corrected chi connectivity index (χ2v) is 4.67. The van der Waals surface area contributed by atoms with Crippen LogP contribution >= 0.6 is 28.1 Å². The van der Waals surface area contributed by atoms with Gasteiger partial charge in [-0.1, -0.05) is 12.2 Å². The average Bonchev–Trinajstić information content (AvgIpc) is 2.87. The van der Waals surface area contributed by atoms with Gasteiger partial charge in [-0.25, -0.2) is 0 Å². The zero-order valence-electron chi connectivity index (χ0n) is 9.31. The van der Waals surface area contributed by atoms with E-state index in [9.17, 15) is 4.79 Å². The molecule has 2 aromatic rings. The van der Waals surface area contributed by atoms with Gasteiger partial charge in [0.2, 0.25) is 0 Å². The fourth-order valence-electron chi connectivity index (χ4n) is 1.37. The van der Waals surface area contributed by atoms with Gasteiger partial charge in [0.1, 0.15) is 10.8 Å². The Hall–Kier alpha value is -1.67. The van der Waals surface area contributed by atoms with E-state index in [-0.39, 0.29) is 10.7 Å². The number of nitrogens with two attached hydrogens (primary N) is 1. The van der Waals surface area contributed by atoms with Gasteiger partial charge >= 0.3 is 0 Å². The minimum Gasteiger partial charge on any atom is -0.444 e. The van der Waals surface area contributed by atoms with Crippen LogP contribution in [0.15, 0.2) is 27.4 Å². The molecule has 0 saturated heterocycles. The van der Waals surface area contributed by atoms with Gasteiger partial charge in [0.25, 0.3) is 5.91 Å². The van der Waals surface area contributed by atoms with Gasteiger partial charge in [0.15, 0.2) is 10.4 Å². The Morgan fingerprint density at radius 2 is 2.33 bits per heavy atom. The number of carbonyl (C=O) groups excluding carboxylic acids is 1. The minimum atomic E-state index is -0.401. The molecule has 6 nitrogen and oxygen atoms in total. The van der Waals surface area contributed by atoms with Crippen LogP contribution in [0.25, 0.3) is 0 Å². The minimum absolute atomic E-state index is 0.166. The molecule has 2 aromatic heterocycles. The lowest BCUT2D eigenvalue weighted by atomic mass is 10.3. The van der Waals surface area contributed by atoms with Crippen molar-refractivity contribution in [3.8, 4) is 0 Å². The summed E-state index contributed by atoms with van der Waals surface area (Å²) in [6.45, 7) is 0. The maximum absolute atomic E-state index is 11.9. The Balaban J connectivity index is 2.27. The van der Waals surface area contributed by atoms with Crippen LogP contribution in [0.5, 0.6) is 0 Å². The summed E-state index contributed by atoms with van der Waals surface area (Å²) in [5.41, 5.74) is 6.05. The summed E-state index contributed by atoms with van der Waals surface area (Å²) >= 11 is 8.00. The number of carbonyl (C=O) groups is 1. The van der Waals surface area contributed by atoms with Crippen molar-refractivity contribution in [1.29, 1.82) is 0 Å². The van der Waals surface area contributed by atoms with Crippen LogP contribution in [-0.4, -0.2) is 20.7 Å². The van der Waals surface area contributed by atoms with Gasteiger partial charge in [0.05, 0.1) is 11.8 Å². The summed E-state index contributed by atoms with van der Waals surface area (Å²) in [6, 6.07) is 3.18. The SMILES string of the molecule is Cn1ncc(C(N)=S)c1NC(=O)c1ccc(Br)o1. The number of aromatic nitrogens is 2. The van der Waals surface area contributed by atoms with Gasteiger partial charge in [0, 0.05) is 7.05 Å². The number of hydrogen-bond acceptors (Lipinski definition) is 4. The third-order valence-corrected chi connectivity index (χ3v) is 2.88. The van der Waals surface area contributed by atoms with Crippen molar-refractivity contribution in [2.45, 2.75) is 0 Å². The third-order valence-electron chi connectivity index (χ3n) is 2.23. The lowest BCUT2D eigenvalue weighted by Crippen LogP contribution is -2.18. The van der Waals surface area contributed by atoms with Crippen molar-refractivity contribution in [3.05, 3.63) is 34.3 Å². The number of nitrogens with zero attached hydrogens (tertiary/aromatic N) is 2. The molecule has 0 aliphatic rings. The van der Waals surface area contributed by atoms with Crippen LogP contribution in [0.2, 0.25) is 0 Å².